The molecule has 0 atom stereocenters. The summed E-state index contributed by atoms with van der Waals surface area (Å²) in [6.07, 6.45) is 1.88. The molecule has 192 valence electrons. The van der Waals surface area contributed by atoms with Crippen LogP contribution >= 0.6 is 11.8 Å². The lowest BCUT2D eigenvalue weighted by atomic mass is 9.94. The fourth-order valence-corrected chi connectivity index (χ4v) is 6.53. The van der Waals surface area contributed by atoms with Crippen LogP contribution in [-0.2, 0) is 0 Å². The van der Waals surface area contributed by atoms with E-state index in [9.17, 15) is 0 Å². The molecule has 0 N–H and O–H groups in total. The van der Waals surface area contributed by atoms with Gasteiger partial charge >= 0.3 is 0 Å². The van der Waals surface area contributed by atoms with Crippen molar-refractivity contribution >= 4 is 22.7 Å². The molecule has 4 nitrogen and oxygen atoms in total. The fraction of sp³-hybridized carbons (Fsp3) is 0. The SMILES string of the molecule is c1ccc(-c2ccc(-c3nc(-c4ccccc4)nc(-c4ccc5nccc6c5c4-c4ccccc4S6)n3)cc2)cc1. The third-order valence-corrected chi connectivity index (χ3v) is 8.54. The first-order valence-corrected chi connectivity index (χ1v) is 14.3. The minimum atomic E-state index is 0.644. The molecule has 0 fully saturated rings. The summed E-state index contributed by atoms with van der Waals surface area (Å²) in [5, 5.41) is 1.14. The van der Waals surface area contributed by atoms with E-state index in [2.05, 4.69) is 96.0 Å². The third-order valence-electron chi connectivity index (χ3n) is 7.40. The Morgan fingerprint density at radius 2 is 1.00 bits per heavy atom. The minimum absolute atomic E-state index is 0.644. The van der Waals surface area contributed by atoms with Gasteiger partial charge in [-0.05, 0) is 41.0 Å². The van der Waals surface area contributed by atoms with E-state index in [0.29, 0.717) is 17.5 Å². The van der Waals surface area contributed by atoms with Gasteiger partial charge in [-0.25, -0.2) is 15.0 Å². The van der Waals surface area contributed by atoms with E-state index in [0.717, 1.165) is 38.7 Å². The Morgan fingerprint density at radius 3 is 1.76 bits per heavy atom. The monoisotopic (exact) mass is 542 g/mol. The summed E-state index contributed by atoms with van der Waals surface area (Å²) >= 11 is 1.79. The van der Waals surface area contributed by atoms with Crippen molar-refractivity contribution in [3.63, 3.8) is 0 Å². The first kappa shape index (κ1) is 23.7. The molecule has 5 aromatic carbocycles. The molecule has 5 heteroatoms. The standard InChI is InChI=1S/C36H22N4S/c1-3-9-23(10-4-1)24-15-17-26(18-16-24)35-38-34(25-11-5-2-6-12-25)39-36(40-35)28-19-20-29-33-31(21-22-37-29)41-30-14-8-7-13-27(30)32(28)33/h1-22H. The van der Waals surface area contributed by atoms with Crippen LogP contribution in [0.15, 0.2) is 143 Å². The lowest BCUT2D eigenvalue weighted by molar-refractivity contribution is 1.07. The van der Waals surface area contributed by atoms with Crippen molar-refractivity contribution < 1.29 is 0 Å². The predicted molar refractivity (Wildman–Crippen MR) is 166 cm³/mol. The van der Waals surface area contributed by atoms with E-state index in [4.69, 9.17) is 15.0 Å². The van der Waals surface area contributed by atoms with Gasteiger partial charge in [-0.2, -0.15) is 0 Å². The van der Waals surface area contributed by atoms with Gasteiger partial charge in [0.2, 0.25) is 0 Å². The average Bonchev–Trinajstić information content (AvgIpc) is 3.06. The van der Waals surface area contributed by atoms with Crippen LogP contribution in [0.4, 0.5) is 0 Å². The van der Waals surface area contributed by atoms with E-state index in [1.165, 1.54) is 20.9 Å². The Kier molecular flexibility index (Phi) is 5.68. The highest BCUT2D eigenvalue weighted by Crippen LogP contribution is 2.50. The summed E-state index contributed by atoms with van der Waals surface area (Å²) in [5.41, 5.74) is 8.46. The highest BCUT2D eigenvalue weighted by Gasteiger charge is 2.24. The molecule has 0 saturated heterocycles. The van der Waals surface area contributed by atoms with Crippen LogP contribution in [-0.4, -0.2) is 19.9 Å². The van der Waals surface area contributed by atoms with E-state index < -0.39 is 0 Å². The molecule has 0 aliphatic carbocycles. The van der Waals surface area contributed by atoms with Crippen molar-refractivity contribution in [3.8, 4) is 56.4 Å². The zero-order valence-corrected chi connectivity index (χ0v) is 22.7. The number of aromatic nitrogens is 4. The van der Waals surface area contributed by atoms with Gasteiger partial charge in [0.25, 0.3) is 0 Å². The van der Waals surface area contributed by atoms with Crippen molar-refractivity contribution in [2.75, 3.05) is 0 Å². The first-order valence-electron chi connectivity index (χ1n) is 13.5. The lowest BCUT2D eigenvalue weighted by Crippen LogP contribution is -2.03. The van der Waals surface area contributed by atoms with Crippen LogP contribution in [0.25, 0.3) is 67.3 Å². The molecule has 0 unspecified atom stereocenters. The second-order valence-electron chi connectivity index (χ2n) is 9.91. The number of nitrogens with zero attached hydrogens (tertiary/aromatic N) is 4. The van der Waals surface area contributed by atoms with Gasteiger partial charge in [0.05, 0.1) is 5.52 Å². The number of hydrogen-bond acceptors (Lipinski definition) is 5. The summed E-state index contributed by atoms with van der Waals surface area (Å²) in [5.74, 6) is 1.94. The Bertz CT molecular complexity index is 2060. The highest BCUT2D eigenvalue weighted by molar-refractivity contribution is 7.99. The zero-order chi connectivity index (χ0) is 27.2. The van der Waals surface area contributed by atoms with Crippen LogP contribution in [0.2, 0.25) is 0 Å². The van der Waals surface area contributed by atoms with E-state index in [-0.39, 0.29) is 0 Å². The van der Waals surface area contributed by atoms with Gasteiger partial charge in [-0.15, -0.1) is 0 Å². The van der Waals surface area contributed by atoms with Crippen molar-refractivity contribution in [1.82, 2.24) is 19.9 Å². The minimum Gasteiger partial charge on any atom is -0.256 e. The normalized spacial score (nSPS) is 11.8. The van der Waals surface area contributed by atoms with Gasteiger partial charge in [-0.1, -0.05) is 115 Å². The van der Waals surface area contributed by atoms with Gasteiger partial charge in [0.1, 0.15) is 0 Å². The maximum Gasteiger partial charge on any atom is 0.164 e. The third kappa shape index (κ3) is 4.19. The molecule has 41 heavy (non-hydrogen) atoms. The molecule has 0 saturated carbocycles. The van der Waals surface area contributed by atoms with Gasteiger partial charge < -0.3 is 0 Å². The van der Waals surface area contributed by atoms with Crippen LogP contribution < -0.4 is 0 Å². The number of benzene rings is 5. The second-order valence-corrected chi connectivity index (χ2v) is 11.0. The number of pyridine rings is 1. The quantitative estimate of drug-likeness (QED) is 0.222. The maximum absolute atomic E-state index is 5.09. The van der Waals surface area contributed by atoms with Crippen LogP contribution in [0, 0.1) is 0 Å². The van der Waals surface area contributed by atoms with Crippen molar-refractivity contribution in [1.29, 1.82) is 0 Å². The fourth-order valence-electron chi connectivity index (χ4n) is 5.43. The largest absolute Gasteiger partial charge is 0.256 e. The molecule has 2 aromatic heterocycles. The predicted octanol–water partition coefficient (Wildman–Crippen LogP) is 9.22. The van der Waals surface area contributed by atoms with Gasteiger partial charge in [0, 0.05) is 43.6 Å². The smallest absolute Gasteiger partial charge is 0.164 e. The second kappa shape index (κ2) is 9.81. The molecule has 0 bridgehead atoms. The average molecular weight is 543 g/mol. The Labute approximate surface area is 241 Å². The summed E-state index contributed by atoms with van der Waals surface area (Å²) in [7, 11) is 0. The maximum atomic E-state index is 5.09. The van der Waals surface area contributed by atoms with Crippen LogP contribution in [0.5, 0.6) is 0 Å². The van der Waals surface area contributed by atoms with E-state index in [1.54, 1.807) is 11.8 Å². The highest BCUT2D eigenvalue weighted by atomic mass is 32.2. The molecular weight excluding hydrogens is 520 g/mol. The van der Waals surface area contributed by atoms with Crippen molar-refractivity contribution in [2.45, 2.75) is 9.79 Å². The zero-order valence-electron chi connectivity index (χ0n) is 21.9. The topological polar surface area (TPSA) is 51.6 Å². The van der Waals surface area contributed by atoms with Crippen molar-refractivity contribution in [3.05, 3.63) is 134 Å². The molecule has 0 amide bonds. The summed E-state index contributed by atoms with van der Waals surface area (Å²) in [4.78, 5) is 22.2. The Balaban J connectivity index is 1.35. The number of rotatable bonds is 4. The van der Waals surface area contributed by atoms with Gasteiger partial charge in [-0.3, -0.25) is 4.98 Å². The molecule has 1 aliphatic rings. The molecular formula is C36H22N4S. The number of hydrogen-bond donors (Lipinski definition) is 0. The van der Waals surface area contributed by atoms with E-state index in [1.807, 2.05) is 42.6 Å². The molecule has 7 aromatic rings. The molecule has 8 rings (SSSR count). The first-order chi connectivity index (χ1) is 20.3. The number of fused-ring (bicyclic) bond motifs is 2. The Morgan fingerprint density at radius 1 is 0.415 bits per heavy atom. The summed E-state index contributed by atoms with van der Waals surface area (Å²) < 4.78 is 0. The Hall–Kier alpha value is -5.13. The van der Waals surface area contributed by atoms with Gasteiger partial charge in [0.15, 0.2) is 17.5 Å². The van der Waals surface area contributed by atoms with Crippen LogP contribution in [0.3, 0.4) is 0 Å². The lowest BCUT2D eigenvalue weighted by Gasteiger charge is -2.22. The van der Waals surface area contributed by atoms with E-state index >= 15 is 0 Å². The van der Waals surface area contributed by atoms with Crippen molar-refractivity contribution in [2.24, 2.45) is 0 Å². The molecule has 0 radical (unpaired) electrons. The molecule has 0 spiro atoms. The summed E-state index contributed by atoms with van der Waals surface area (Å²) in [6.45, 7) is 0. The van der Waals surface area contributed by atoms with Crippen LogP contribution in [0.1, 0.15) is 0 Å². The molecule has 1 aliphatic heterocycles. The summed E-state index contributed by atoms with van der Waals surface area (Å²) in [6, 6.07) is 43.7. The molecule has 3 heterocycles.